The number of aryl methyl sites for hydroxylation is 1. The number of pyridine rings is 1. The number of benzene rings is 1. The molecule has 0 spiro atoms. The lowest BCUT2D eigenvalue weighted by molar-refractivity contribution is 0.00446. The minimum Gasteiger partial charge on any atom is -0.497 e. The number of thiazole rings is 1. The Bertz CT molecular complexity index is 1380. The second kappa shape index (κ2) is 11.0. The van der Waals surface area contributed by atoms with Crippen molar-refractivity contribution in [3.63, 3.8) is 0 Å². The summed E-state index contributed by atoms with van der Waals surface area (Å²) in [4.78, 5) is 18.4. The molecule has 0 unspecified atom stereocenters. The molecule has 12 heteroatoms. The smallest absolute Gasteiger partial charge is 0.225 e. The van der Waals surface area contributed by atoms with Gasteiger partial charge in [0.2, 0.25) is 5.95 Å². The van der Waals surface area contributed by atoms with Crippen LogP contribution in [-0.2, 0) is 6.54 Å². The minimum atomic E-state index is -1.06. The first-order valence-electron chi connectivity index (χ1n) is 12.2. The molecule has 0 bridgehead atoms. The summed E-state index contributed by atoms with van der Waals surface area (Å²) in [6.07, 6.45) is 1.73. The summed E-state index contributed by atoms with van der Waals surface area (Å²) in [5, 5.41) is 37.9. The van der Waals surface area contributed by atoms with E-state index in [1.165, 1.54) is 11.3 Å². The molecule has 0 aliphatic heterocycles. The number of fused-ring (bicyclic) bond motifs is 1. The first kappa shape index (κ1) is 26.0. The molecule has 5 rings (SSSR count). The Hall–Kier alpha value is -3.58. The van der Waals surface area contributed by atoms with E-state index in [4.69, 9.17) is 24.4 Å². The van der Waals surface area contributed by atoms with Gasteiger partial charge in [-0.1, -0.05) is 0 Å². The molecule has 1 aromatic carbocycles. The second-order valence-electron chi connectivity index (χ2n) is 9.20. The summed E-state index contributed by atoms with van der Waals surface area (Å²) in [5.41, 5.74) is 3.07. The lowest BCUT2D eigenvalue weighted by Gasteiger charge is -2.21. The molecule has 3 heterocycles. The molecular weight excluding hydrogens is 508 g/mol. The lowest BCUT2D eigenvalue weighted by Crippen LogP contribution is -2.35. The highest BCUT2D eigenvalue weighted by molar-refractivity contribution is 7.21. The van der Waals surface area contributed by atoms with E-state index in [2.05, 4.69) is 15.6 Å². The zero-order valence-corrected chi connectivity index (χ0v) is 22.1. The summed E-state index contributed by atoms with van der Waals surface area (Å²) < 4.78 is 11.7. The van der Waals surface area contributed by atoms with Gasteiger partial charge in [0.1, 0.15) is 33.9 Å². The molecule has 5 N–H and O–H groups in total. The Morgan fingerprint density at radius 1 is 1.05 bits per heavy atom. The average molecular weight is 539 g/mol. The molecule has 1 fully saturated rings. The van der Waals surface area contributed by atoms with Crippen LogP contribution in [0.1, 0.15) is 17.7 Å². The maximum atomic E-state index is 10.7. The van der Waals surface area contributed by atoms with Crippen LogP contribution in [0.2, 0.25) is 0 Å². The zero-order chi connectivity index (χ0) is 26.8. The molecule has 4 aromatic rings. The second-order valence-corrected chi connectivity index (χ2v) is 10.2. The Kier molecular flexibility index (Phi) is 7.56. The van der Waals surface area contributed by atoms with Gasteiger partial charge < -0.3 is 35.4 Å². The number of hydrogen-bond donors (Lipinski definition) is 5. The topological polar surface area (TPSA) is 155 Å². The van der Waals surface area contributed by atoms with Crippen LogP contribution in [-0.4, -0.2) is 74.3 Å². The largest absolute Gasteiger partial charge is 0.497 e. The van der Waals surface area contributed by atoms with E-state index < -0.39 is 24.2 Å². The third kappa shape index (κ3) is 5.20. The van der Waals surface area contributed by atoms with Crippen molar-refractivity contribution in [3.8, 4) is 22.1 Å². The molecule has 38 heavy (non-hydrogen) atoms. The van der Waals surface area contributed by atoms with Crippen molar-refractivity contribution >= 4 is 33.3 Å². The van der Waals surface area contributed by atoms with Gasteiger partial charge in [0.15, 0.2) is 0 Å². The SMILES string of the molecule is COc1cc(CNc2nc(C)c(-c3nc4cnccc4s3)c(N[C@@H]3C[C@H](CO)[C@@H](O)[C@H]3O)n2)cc(OC)c1. The number of nitrogens with zero attached hydrogens (tertiary/aromatic N) is 4. The molecule has 1 aliphatic carbocycles. The van der Waals surface area contributed by atoms with Crippen LogP contribution in [0, 0.1) is 12.8 Å². The minimum absolute atomic E-state index is 0.215. The quantitative estimate of drug-likeness (QED) is 0.214. The number of aliphatic hydroxyl groups is 3. The Labute approximate surface area is 223 Å². The highest BCUT2D eigenvalue weighted by Gasteiger charge is 2.41. The predicted octanol–water partition coefficient (Wildman–Crippen LogP) is 2.60. The number of rotatable bonds is 9. The fourth-order valence-corrected chi connectivity index (χ4v) is 5.70. The fraction of sp³-hybridized carbons (Fsp3) is 0.385. The Balaban J connectivity index is 1.49. The van der Waals surface area contributed by atoms with Gasteiger partial charge in [-0.25, -0.2) is 9.97 Å². The molecule has 0 amide bonds. The molecular formula is C26H30N6O5S. The highest BCUT2D eigenvalue weighted by atomic mass is 32.1. The van der Waals surface area contributed by atoms with Crippen molar-refractivity contribution in [2.75, 3.05) is 31.5 Å². The van der Waals surface area contributed by atoms with Gasteiger partial charge in [-0.05, 0) is 37.1 Å². The van der Waals surface area contributed by atoms with Gasteiger partial charge in [-0.15, -0.1) is 11.3 Å². The third-order valence-corrected chi connectivity index (χ3v) is 7.77. The zero-order valence-electron chi connectivity index (χ0n) is 21.3. The van der Waals surface area contributed by atoms with Crippen LogP contribution in [0.15, 0.2) is 36.7 Å². The number of nitrogens with one attached hydrogen (secondary N) is 2. The van der Waals surface area contributed by atoms with E-state index in [9.17, 15) is 15.3 Å². The van der Waals surface area contributed by atoms with Crippen molar-refractivity contribution in [1.29, 1.82) is 0 Å². The van der Waals surface area contributed by atoms with Crippen LogP contribution in [0.3, 0.4) is 0 Å². The summed E-state index contributed by atoms with van der Waals surface area (Å²) in [6.45, 7) is 2.08. The van der Waals surface area contributed by atoms with Gasteiger partial charge in [-0.2, -0.15) is 4.98 Å². The molecule has 1 saturated carbocycles. The van der Waals surface area contributed by atoms with Crippen LogP contribution in [0.25, 0.3) is 20.8 Å². The van der Waals surface area contributed by atoms with E-state index in [-0.39, 0.29) is 6.61 Å². The third-order valence-electron chi connectivity index (χ3n) is 6.71. The number of methoxy groups -OCH3 is 2. The Morgan fingerprint density at radius 3 is 2.47 bits per heavy atom. The maximum absolute atomic E-state index is 10.7. The molecule has 0 saturated heterocycles. The lowest BCUT2D eigenvalue weighted by atomic mass is 10.1. The van der Waals surface area contributed by atoms with E-state index in [0.717, 1.165) is 15.8 Å². The van der Waals surface area contributed by atoms with E-state index >= 15 is 0 Å². The summed E-state index contributed by atoms with van der Waals surface area (Å²) in [6, 6.07) is 6.99. The Morgan fingerprint density at radius 2 is 1.82 bits per heavy atom. The molecule has 1 aliphatic rings. The number of hydrogen-bond acceptors (Lipinski definition) is 12. The maximum Gasteiger partial charge on any atom is 0.225 e. The number of aliphatic hydroxyl groups excluding tert-OH is 3. The van der Waals surface area contributed by atoms with Gasteiger partial charge in [-0.3, -0.25) is 4.98 Å². The molecule has 3 aromatic heterocycles. The summed E-state index contributed by atoms with van der Waals surface area (Å²) in [7, 11) is 3.20. The van der Waals surface area contributed by atoms with Gasteiger partial charge in [0.25, 0.3) is 0 Å². The fourth-order valence-electron chi connectivity index (χ4n) is 4.67. The van der Waals surface area contributed by atoms with Crippen LogP contribution in [0.5, 0.6) is 11.5 Å². The number of ether oxygens (including phenoxy) is 2. The number of anilines is 2. The number of aromatic nitrogens is 4. The van der Waals surface area contributed by atoms with Crippen molar-refractivity contribution < 1.29 is 24.8 Å². The molecule has 4 atom stereocenters. The summed E-state index contributed by atoms with van der Waals surface area (Å²) in [5.74, 6) is 1.78. The predicted molar refractivity (Wildman–Crippen MR) is 145 cm³/mol. The molecule has 200 valence electrons. The molecule has 0 radical (unpaired) electrons. The monoisotopic (exact) mass is 538 g/mol. The van der Waals surface area contributed by atoms with Gasteiger partial charge in [0.05, 0.1) is 48.5 Å². The molecule has 11 nitrogen and oxygen atoms in total. The van der Waals surface area contributed by atoms with Crippen LogP contribution in [0.4, 0.5) is 11.8 Å². The van der Waals surface area contributed by atoms with E-state index in [0.29, 0.717) is 52.5 Å². The van der Waals surface area contributed by atoms with Gasteiger partial charge >= 0.3 is 0 Å². The van der Waals surface area contributed by atoms with E-state index in [1.807, 2.05) is 25.1 Å². The standard InChI is InChI=1S/C26H30N6O5S/c1-13-21(25-31-19-11-27-5-4-20(19)38-25)24(30-18-8-15(12-33)22(34)23(18)35)32-26(29-13)28-10-14-6-16(36-2)9-17(7-14)37-3/h4-7,9,11,15,18,22-23,33-35H,8,10,12H2,1-3H3,(H2,28,29,30,32)/t15-,18-,22-,23+/m1/s1. The first-order valence-corrected chi connectivity index (χ1v) is 13.0. The normalized spacial score (nSPS) is 21.0. The van der Waals surface area contributed by atoms with Crippen LogP contribution < -0.4 is 20.1 Å². The highest BCUT2D eigenvalue weighted by Crippen LogP contribution is 2.38. The summed E-state index contributed by atoms with van der Waals surface area (Å²) >= 11 is 1.50. The van der Waals surface area contributed by atoms with Crippen molar-refractivity contribution in [3.05, 3.63) is 47.9 Å². The van der Waals surface area contributed by atoms with E-state index in [1.54, 1.807) is 32.7 Å². The van der Waals surface area contributed by atoms with Crippen molar-refractivity contribution in [1.82, 2.24) is 19.9 Å². The van der Waals surface area contributed by atoms with Crippen LogP contribution >= 0.6 is 11.3 Å². The first-order chi connectivity index (χ1) is 18.4. The van der Waals surface area contributed by atoms with Crippen molar-refractivity contribution in [2.24, 2.45) is 5.92 Å². The van der Waals surface area contributed by atoms with Crippen molar-refractivity contribution in [2.45, 2.75) is 38.1 Å². The average Bonchev–Trinajstić information content (AvgIpc) is 3.47. The van der Waals surface area contributed by atoms with Gasteiger partial charge in [0, 0.05) is 31.3 Å².